The molecule has 3 aromatic rings. The third-order valence-electron chi connectivity index (χ3n) is 3.64. The zero-order chi connectivity index (χ0) is 19.4. The fourth-order valence-corrected chi connectivity index (χ4v) is 2.32. The Morgan fingerprint density at radius 1 is 1.37 bits per heavy atom. The molecule has 0 spiro atoms. The van der Waals surface area contributed by atoms with Gasteiger partial charge in [0, 0.05) is 25.4 Å². The van der Waals surface area contributed by atoms with Crippen LogP contribution in [-0.4, -0.2) is 20.5 Å². The molecule has 27 heavy (non-hydrogen) atoms. The van der Waals surface area contributed by atoms with Crippen LogP contribution in [0.25, 0.3) is 6.08 Å². The molecule has 8 nitrogen and oxygen atoms in total. The second-order valence-electron chi connectivity index (χ2n) is 5.50. The van der Waals surface area contributed by atoms with Gasteiger partial charge >= 0.3 is 5.69 Å². The van der Waals surface area contributed by atoms with Crippen molar-refractivity contribution >= 4 is 17.5 Å². The van der Waals surface area contributed by atoms with Crippen molar-refractivity contribution in [3.05, 3.63) is 81.8 Å². The Labute approximate surface area is 152 Å². The molecule has 0 atom stereocenters. The number of hydrogen-bond donors (Lipinski definition) is 0. The Hall–Kier alpha value is -3.75. The Morgan fingerprint density at radius 2 is 2.19 bits per heavy atom. The number of nitro groups is 1. The number of hydrogen-bond acceptors (Lipinski definition) is 6. The van der Waals surface area contributed by atoms with Crippen molar-refractivity contribution in [1.82, 2.24) is 9.78 Å². The number of ketones is 1. The fourth-order valence-electron chi connectivity index (χ4n) is 2.32. The Bertz CT molecular complexity index is 1020. The van der Waals surface area contributed by atoms with Crippen LogP contribution >= 0.6 is 0 Å². The third kappa shape index (κ3) is 4.27. The van der Waals surface area contributed by atoms with Gasteiger partial charge in [0.25, 0.3) is 0 Å². The number of nitro benzene ring substituents is 1. The highest BCUT2D eigenvalue weighted by Gasteiger charge is 2.16. The molecule has 0 amide bonds. The first kappa shape index (κ1) is 18.1. The maximum atomic E-state index is 13.3. The standard InChI is InChI=1S/C18H14FN3O5/c1-21-15(8-9-20-21)17(23)7-5-13-3-4-14(27-13)11-26-18-10-12(19)2-6-16(18)22(24)25/h2-10H,11H2,1H3/b7-5+. The molecule has 0 fully saturated rings. The number of nitrogens with zero attached hydrogens (tertiary/aromatic N) is 3. The summed E-state index contributed by atoms with van der Waals surface area (Å²) in [6.45, 7) is -0.131. The third-order valence-corrected chi connectivity index (χ3v) is 3.64. The molecular weight excluding hydrogens is 357 g/mol. The molecule has 0 N–H and O–H groups in total. The van der Waals surface area contributed by atoms with Crippen molar-refractivity contribution < 1.29 is 23.3 Å². The van der Waals surface area contributed by atoms with Crippen molar-refractivity contribution in [1.29, 1.82) is 0 Å². The average Bonchev–Trinajstić information content (AvgIpc) is 3.26. The summed E-state index contributed by atoms with van der Waals surface area (Å²) in [4.78, 5) is 22.3. The lowest BCUT2D eigenvalue weighted by molar-refractivity contribution is -0.386. The van der Waals surface area contributed by atoms with E-state index in [2.05, 4.69) is 5.10 Å². The SMILES string of the molecule is Cn1nccc1C(=O)/C=C/c1ccc(COc2cc(F)ccc2[N+](=O)[O-])o1. The van der Waals surface area contributed by atoms with E-state index in [1.807, 2.05) is 0 Å². The molecule has 2 heterocycles. The molecule has 0 aliphatic heterocycles. The maximum absolute atomic E-state index is 13.3. The lowest BCUT2D eigenvalue weighted by Gasteiger charge is -2.05. The van der Waals surface area contributed by atoms with Crippen LogP contribution in [-0.2, 0) is 13.7 Å². The number of aromatic nitrogens is 2. The van der Waals surface area contributed by atoms with Crippen molar-refractivity contribution in [2.45, 2.75) is 6.61 Å². The van der Waals surface area contributed by atoms with E-state index >= 15 is 0 Å². The van der Waals surface area contributed by atoms with E-state index in [9.17, 15) is 19.3 Å². The maximum Gasteiger partial charge on any atom is 0.311 e. The van der Waals surface area contributed by atoms with Crippen LogP contribution in [0.1, 0.15) is 22.0 Å². The molecule has 2 aromatic heterocycles. The summed E-state index contributed by atoms with van der Waals surface area (Å²) in [5.74, 6) is -0.314. The van der Waals surface area contributed by atoms with Gasteiger partial charge in [-0.05, 0) is 36.4 Å². The summed E-state index contributed by atoms with van der Waals surface area (Å²) in [6.07, 6.45) is 4.36. The molecule has 0 radical (unpaired) electrons. The Balaban J connectivity index is 1.66. The van der Waals surface area contributed by atoms with Gasteiger partial charge in [0.15, 0.2) is 5.75 Å². The van der Waals surface area contributed by atoms with E-state index in [0.29, 0.717) is 17.2 Å². The number of furan rings is 1. The molecule has 138 valence electrons. The monoisotopic (exact) mass is 371 g/mol. The lowest BCUT2D eigenvalue weighted by atomic mass is 10.2. The van der Waals surface area contributed by atoms with Crippen molar-refractivity contribution in [3.63, 3.8) is 0 Å². The average molecular weight is 371 g/mol. The molecule has 0 aliphatic carbocycles. The predicted octanol–water partition coefficient (Wildman–Crippen LogP) is 3.54. The van der Waals surface area contributed by atoms with Crippen molar-refractivity contribution in [2.24, 2.45) is 7.05 Å². The molecule has 0 bridgehead atoms. The number of benzene rings is 1. The van der Waals surface area contributed by atoms with Crippen molar-refractivity contribution in [2.75, 3.05) is 0 Å². The molecule has 1 aromatic carbocycles. The van der Waals surface area contributed by atoms with Crippen LogP contribution in [0.2, 0.25) is 0 Å². The normalized spacial score (nSPS) is 11.0. The first-order valence-electron chi connectivity index (χ1n) is 7.80. The zero-order valence-corrected chi connectivity index (χ0v) is 14.2. The quantitative estimate of drug-likeness (QED) is 0.273. The van der Waals surface area contributed by atoms with Gasteiger partial charge in [-0.15, -0.1) is 0 Å². The summed E-state index contributed by atoms with van der Waals surface area (Å²) >= 11 is 0. The topological polar surface area (TPSA) is 100 Å². The summed E-state index contributed by atoms with van der Waals surface area (Å²) < 4.78 is 25.5. The number of halogens is 1. The fraction of sp³-hybridized carbons (Fsp3) is 0.111. The molecule has 3 rings (SSSR count). The molecule has 0 saturated carbocycles. The van der Waals surface area contributed by atoms with Gasteiger partial charge in [-0.25, -0.2) is 4.39 Å². The molecule has 0 saturated heterocycles. The predicted molar refractivity (Wildman–Crippen MR) is 92.7 cm³/mol. The van der Waals surface area contributed by atoms with E-state index in [0.717, 1.165) is 18.2 Å². The minimum Gasteiger partial charge on any atom is -0.479 e. The van der Waals surface area contributed by atoms with Crippen LogP contribution in [0, 0.1) is 15.9 Å². The number of carbonyl (C=O) groups is 1. The van der Waals surface area contributed by atoms with E-state index in [1.165, 1.54) is 23.0 Å². The smallest absolute Gasteiger partial charge is 0.311 e. The minimum absolute atomic E-state index is 0.131. The van der Waals surface area contributed by atoms with Gasteiger partial charge < -0.3 is 9.15 Å². The second-order valence-corrected chi connectivity index (χ2v) is 5.50. The largest absolute Gasteiger partial charge is 0.479 e. The highest BCUT2D eigenvalue weighted by atomic mass is 19.1. The Morgan fingerprint density at radius 3 is 2.89 bits per heavy atom. The summed E-state index contributed by atoms with van der Waals surface area (Å²) in [5.41, 5.74) is 0.0876. The van der Waals surface area contributed by atoms with Crippen LogP contribution < -0.4 is 4.74 Å². The first-order chi connectivity index (χ1) is 12.9. The first-order valence-corrected chi connectivity index (χ1v) is 7.80. The summed E-state index contributed by atoms with van der Waals surface area (Å²) in [7, 11) is 1.66. The van der Waals surface area contributed by atoms with Crippen LogP contribution in [0.3, 0.4) is 0 Å². The van der Waals surface area contributed by atoms with Gasteiger partial charge in [0.1, 0.15) is 29.6 Å². The van der Waals surface area contributed by atoms with E-state index in [-0.39, 0.29) is 23.8 Å². The number of ether oxygens (including phenoxy) is 1. The number of rotatable bonds is 7. The highest BCUT2D eigenvalue weighted by Crippen LogP contribution is 2.28. The van der Waals surface area contributed by atoms with Crippen LogP contribution in [0.15, 0.2) is 53.1 Å². The van der Waals surface area contributed by atoms with Gasteiger partial charge in [-0.2, -0.15) is 5.10 Å². The Kier molecular flexibility index (Phi) is 5.11. The van der Waals surface area contributed by atoms with Gasteiger partial charge in [-0.3, -0.25) is 19.6 Å². The van der Waals surface area contributed by atoms with Gasteiger partial charge in [0.05, 0.1) is 4.92 Å². The molecule has 9 heteroatoms. The van der Waals surface area contributed by atoms with E-state index in [4.69, 9.17) is 9.15 Å². The lowest BCUT2D eigenvalue weighted by Crippen LogP contribution is -2.03. The number of aryl methyl sites for hydroxylation is 1. The number of allylic oxidation sites excluding steroid dienone is 1. The minimum atomic E-state index is -0.658. The second kappa shape index (κ2) is 7.65. The molecule has 0 aliphatic rings. The highest BCUT2D eigenvalue weighted by molar-refractivity contribution is 6.05. The molecular formula is C18H14FN3O5. The summed E-state index contributed by atoms with van der Waals surface area (Å²) in [6, 6.07) is 7.77. The summed E-state index contributed by atoms with van der Waals surface area (Å²) in [5, 5.41) is 14.9. The van der Waals surface area contributed by atoms with E-state index in [1.54, 1.807) is 25.2 Å². The van der Waals surface area contributed by atoms with E-state index < -0.39 is 10.7 Å². The molecule has 0 unspecified atom stereocenters. The van der Waals surface area contributed by atoms with Gasteiger partial charge in [-0.1, -0.05) is 0 Å². The zero-order valence-electron chi connectivity index (χ0n) is 14.2. The van der Waals surface area contributed by atoms with Crippen LogP contribution in [0.5, 0.6) is 5.75 Å². The van der Waals surface area contributed by atoms with Gasteiger partial charge in [0.2, 0.25) is 5.78 Å². The van der Waals surface area contributed by atoms with Crippen molar-refractivity contribution in [3.8, 4) is 5.75 Å². The van der Waals surface area contributed by atoms with Crippen LogP contribution in [0.4, 0.5) is 10.1 Å². The number of carbonyl (C=O) groups excluding carboxylic acids is 1.